The summed E-state index contributed by atoms with van der Waals surface area (Å²) in [6.07, 6.45) is 4.08. The van der Waals surface area contributed by atoms with Gasteiger partial charge in [-0.1, -0.05) is 0 Å². The van der Waals surface area contributed by atoms with Crippen LogP contribution in [0.15, 0.2) is 27.5 Å². The molecule has 1 N–H and O–H groups in total. The van der Waals surface area contributed by atoms with Crippen LogP contribution in [0.4, 0.5) is 5.69 Å². The van der Waals surface area contributed by atoms with E-state index >= 15 is 0 Å². The molecule has 1 aliphatic carbocycles. The first kappa shape index (κ1) is 12.0. The molecule has 2 aromatic rings. The Balaban J connectivity index is 1.71. The van der Waals surface area contributed by atoms with Gasteiger partial charge < -0.3 is 14.3 Å². The van der Waals surface area contributed by atoms with Crippen molar-refractivity contribution >= 4 is 5.69 Å². The molecule has 0 aliphatic heterocycles. The van der Waals surface area contributed by atoms with Gasteiger partial charge >= 0.3 is 0 Å². The number of hydrogen-bond acceptors (Lipinski definition) is 4. The number of nitrogens with one attached hydrogen (secondary N) is 1. The Kier molecular flexibility index (Phi) is 2.89. The summed E-state index contributed by atoms with van der Waals surface area (Å²) in [7, 11) is 1.77. The van der Waals surface area contributed by atoms with Crippen LogP contribution in [-0.4, -0.2) is 9.55 Å². The molecule has 2 heterocycles. The predicted octanol–water partition coefficient (Wildman–Crippen LogP) is 2.17. The molecule has 0 bridgehead atoms. The smallest absolute Gasteiger partial charge is 0.273 e. The number of aromatic nitrogens is 2. The molecule has 1 saturated carbocycles. The maximum Gasteiger partial charge on any atom is 0.273 e. The zero-order valence-electron chi connectivity index (χ0n) is 11.1. The third kappa shape index (κ3) is 2.41. The van der Waals surface area contributed by atoms with Gasteiger partial charge in [0.25, 0.3) is 5.56 Å². The standard InChI is InChI=1S/C14H17N3O2/c1-9-3-6-12(14(18)17(9)2)15-7-11-8-16-13(19-11)10-4-5-10/h3,6,8,10,15H,4-5,7H2,1-2H3. The van der Waals surface area contributed by atoms with Gasteiger partial charge in [0.1, 0.15) is 11.4 Å². The molecule has 0 amide bonds. The maximum atomic E-state index is 12.0. The van der Waals surface area contributed by atoms with Crippen molar-refractivity contribution in [3.05, 3.63) is 46.0 Å². The van der Waals surface area contributed by atoms with Crippen LogP contribution in [0.2, 0.25) is 0 Å². The summed E-state index contributed by atoms with van der Waals surface area (Å²) in [6, 6.07) is 3.72. The van der Waals surface area contributed by atoms with E-state index in [1.165, 1.54) is 12.8 Å². The van der Waals surface area contributed by atoms with Crippen LogP contribution in [0.25, 0.3) is 0 Å². The fourth-order valence-electron chi connectivity index (χ4n) is 1.97. The number of anilines is 1. The zero-order valence-corrected chi connectivity index (χ0v) is 11.1. The van der Waals surface area contributed by atoms with E-state index in [1.807, 2.05) is 13.0 Å². The monoisotopic (exact) mass is 259 g/mol. The van der Waals surface area contributed by atoms with Crippen LogP contribution in [0.5, 0.6) is 0 Å². The van der Waals surface area contributed by atoms with E-state index < -0.39 is 0 Å². The lowest BCUT2D eigenvalue weighted by Gasteiger charge is -2.07. The molecular weight excluding hydrogens is 242 g/mol. The lowest BCUT2D eigenvalue weighted by molar-refractivity contribution is 0.462. The summed E-state index contributed by atoms with van der Waals surface area (Å²) in [5.41, 5.74) is 1.49. The third-order valence-electron chi connectivity index (χ3n) is 3.51. The second-order valence-electron chi connectivity index (χ2n) is 5.05. The number of oxazole rings is 1. The van der Waals surface area contributed by atoms with Crippen molar-refractivity contribution in [1.29, 1.82) is 0 Å². The summed E-state index contributed by atoms with van der Waals surface area (Å²) in [6.45, 7) is 2.39. The highest BCUT2D eigenvalue weighted by Crippen LogP contribution is 2.39. The molecule has 0 saturated heterocycles. The van der Waals surface area contributed by atoms with Gasteiger partial charge in [0.05, 0.1) is 12.7 Å². The Bertz CT molecular complexity index is 653. The highest BCUT2D eigenvalue weighted by atomic mass is 16.4. The molecule has 19 heavy (non-hydrogen) atoms. The van der Waals surface area contributed by atoms with Crippen LogP contribution in [0.3, 0.4) is 0 Å². The predicted molar refractivity (Wildman–Crippen MR) is 72.2 cm³/mol. The van der Waals surface area contributed by atoms with E-state index in [0.29, 0.717) is 18.2 Å². The number of hydrogen-bond donors (Lipinski definition) is 1. The molecule has 100 valence electrons. The first-order valence-corrected chi connectivity index (χ1v) is 6.50. The van der Waals surface area contributed by atoms with E-state index in [2.05, 4.69) is 10.3 Å². The first-order chi connectivity index (χ1) is 9.15. The lowest BCUT2D eigenvalue weighted by atomic mass is 10.3. The SMILES string of the molecule is Cc1ccc(NCc2cnc(C3CC3)o2)c(=O)n1C. The van der Waals surface area contributed by atoms with E-state index in [4.69, 9.17) is 4.42 Å². The molecule has 1 fully saturated rings. The van der Waals surface area contributed by atoms with Crippen molar-refractivity contribution in [3.8, 4) is 0 Å². The van der Waals surface area contributed by atoms with E-state index in [1.54, 1.807) is 23.9 Å². The van der Waals surface area contributed by atoms with E-state index in [0.717, 1.165) is 17.3 Å². The Morgan fingerprint density at radius 2 is 2.26 bits per heavy atom. The van der Waals surface area contributed by atoms with Gasteiger partial charge in [-0.2, -0.15) is 0 Å². The van der Waals surface area contributed by atoms with Crippen LogP contribution in [-0.2, 0) is 13.6 Å². The molecule has 0 radical (unpaired) electrons. The van der Waals surface area contributed by atoms with Crippen molar-refractivity contribution in [2.24, 2.45) is 7.05 Å². The number of aryl methyl sites for hydroxylation is 1. The molecule has 0 atom stereocenters. The topological polar surface area (TPSA) is 60.1 Å². The largest absolute Gasteiger partial charge is 0.444 e. The minimum absolute atomic E-state index is 0.0260. The van der Waals surface area contributed by atoms with Crippen LogP contribution in [0.1, 0.15) is 36.1 Å². The first-order valence-electron chi connectivity index (χ1n) is 6.50. The second kappa shape index (κ2) is 4.57. The molecular formula is C14H17N3O2. The maximum absolute atomic E-state index is 12.0. The normalized spacial score (nSPS) is 14.6. The summed E-state index contributed by atoms with van der Waals surface area (Å²) < 4.78 is 7.26. The van der Waals surface area contributed by atoms with E-state index in [9.17, 15) is 4.79 Å². The fourth-order valence-corrected chi connectivity index (χ4v) is 1.97. The zero-order chi connectivity index (χ0) is 13.4. The Labute approximate surface area is 111 Å². The fraction of sp³-hybridized carbons (Fsp3) is 0.429. The average Bonchev–Trinajstić information content (AvgIpc) is 3.15. The molecule has 0 spiro atoms. The van der Waals surface area contributed by atoms with E-state index in [-0.39, 0.29) is 5.56 Å². The summed E-state index contributed by atoms with van der Waals surface area (Å²) >= 11 is 0. The van der Waals surface area contributed by atoms with Crippen molar-refractivity contribution in [2.75, 3.05) is 5.32 Å². The minimum Gasteiger partial charge on any atom is -0.444 e. The van der Waals surface area contributed by atoms with Crippen LogP contribution < -0.4 is 10.9 Å². The molecule has 2 aromatic heterocycles. The third-order valence-corrected chi connectivity index (χ3v) is 3.51. The highest BCUT2D eigenvalue weighted by molar-refractivity contribution is 5.41. The summed E-state index contributed by atoms with van der Waals surface area (Å²) in [5.74, 6) is 2.11. The summed E-state index contributed by atoms with van der Waals surface area (Å²) in [4.78, 5) is 16.2. The molecule has 5 nitrogen and oxygen atoms in total. The van der Waals surface area contributed by atoms with Crippen molar-refractivity contribution in [1.82, 2.24) is 9.55 Å². The summed E-state index contributed by atoms with van der Waals surface area (Å²) in [5, 5.41) is 3.10. The van der Waals surface area contributed by atoms with Crippen LogP contribution in [0, 0.1) is 6.92 Å². The van der Waals surface area contributed by atoms with Gasteiger partial charge in [0.15, 0.2) is 5.89 Å². The number of rotatable bonds is 4. The van der Waals surface area contributed by atoms with Crippen molar-refractivity contribution < 1.29 is 4.42 Å². The van der Waals surface area contributed by atoms with Gasteiger partial charge in [0.2, 0.25) is 0 Å². The molecule has 1 aliphatic rings. The lowest BCUT2D eigenvalue weighted by Crippen LogP contribution is -2.22. The number of nitrogens with zero attached hydrogens (tertiary/aromatic N) is 2. The minimum atomic E-state index is -0.0260. The molecule has 0 aromatic carbocycles. The van der Waals surface area contributed by atoms with Gasteiger partial charge in [-0.15, -0.1) is 0 Å². The van der Waals surface area contributed by atoms with Crippen molar-refractivity contribution in [2.45, 2.75) is 32.2 Å². The molecule has 5 heteroatoms. The number of pyridine rings is 1. The molecule has 0 unspecified atom stereocenters. The van der Waals surface area contributed by atoms with Crippen LogP contribution >= 0.6 is 0 Å². The highest BCUT2D eigenvalue weighted by Gasteiger charge is 2.28. The Morgan fingerprint density at radius 1 is 1.47 bits per heavy atom. The second-order valence-corrected chi connectivity index (χ2v) is 5.05. The van der Waals surface area contributed by atoms with Crippen molar-refractivity contribution in [3.63, 3.8) is 0 Å². The Hall–Kier alpha value is -2.04. The quantitative estimate of drug-likeness (QED) is 0.914. The van der Waals surface area contributed by atoms with Gasteiger partial charge in [0, 0.05) is 18.7 Å². The van der Waals surface area contributed by atoms with Gasteiger partial charge in [-0.05, 0) is 31.9 Å². The Morgan fingerprint density at radius 3 is 3.00 bits per heavy atom. The molecule has 3 rings (SSSR count). The van der Waals surface area contributed by atoms with Gasteiger partial charge in [-0.3, -0.25) is 4.79 Å². The van der Waals surface area contributed by atoms with Gasteiger partial charge in [-0.25, -0.2) is 4.98 Å². The average molecular weight is 259 g/mol.